The van der Waals surface area contributed by atoms with Crippen molar-refractivity contribution in [1.82, 2.24) is 9.80 Å². The average Bonchev–Trinajstić information content (AvgIpc) is 2.73. The molecule has 1 saturated heterocycles. The number of nitrogens with one attached hydrogen (secondary N) is 1. The van der Waals surface area contributed by atoms with Crippen LogP contribution in [0.2, 0.25) is 0 Å². The van der Waals surface area contributed by atoms with Crippen LogP contribution in [0, 0.1) is 0 Å². The Bertz CT molecular complexity index is 727. The molecule has 1 atom stereocenters. The molecule has 27 heavy (non-hydrogen) atoms. The van der Waals surface area contributed by atoms with E-state index in [0.29, 0.717) is 5.75 Å². The molecule has 2 aromatic carbocycles. The molecule has 1 N–H and O–H groups in total. The molecule has 0 spiro atoms. The summed E-state index contributed by atoms with van der Waals surface area (Å²) < 4.78 is 5.31. The van der Waals surface area contributed by atoms with Crippen LogP contribution in [-0.4, -0.2) is 61.6 Å². The standard InChI is InChI=1S/C22H29N3O2/c1-18(22(26)23-20-10-6-7-11-21(20)27-2)25-16-14-24(15-17-25)13-12-19-8-4-3-5-9-19/h3-11,18H,12-17H2,1-2H3,(H,23,26). The van der Waals surface area contributed by atoms with Crippen molar-refractivity contribution in [2.24, 2.45) is 0 Å². The van der Waals surface area contributed by atoms with Gasteiger partial charge in [0.05, 0.1) is 18.8 Å². The molecule has 1 amide bonds. The number of ether oxygens (including phenoxy) is 1. The average molecular weight is 367 g/mol. The van der Waals surface area contributed by atoms with Crippen LogP contribution in [0.5, 0.6) is 5.75 Å². The molecule has 0 bridgehead atoms. The fraction of sp³-hybridized carbons (Fsp3) is 0.409. The summed E-state index contributed by atoms with van der Waals surface area (Å²) in [5.74, 6) is 0.695. The summed E-state index contributed by atoms with van der Waals surface area (Å²) in [6, 6.07) is 18.0. The highest BCUT2D eigenvalue weighted by molar-refractivity contribution is 5.95. The smallest absolute Gasteiger partial charge is 0.241 e. The minimum atomic E-state index is -0.161. The number of hydrogen-bond donors (Lipinski definition) is 1. The van der Waals surface area contributed by atoms with Crippen molar-refractivity contribution in [2.45, 2.75) is 19.4 Å². The van der Waals surface area contributed by atoms with Gasteiger partial charge in [-0.05, 0) is 31.0 Å². The molecule has 0 saturated carbocycles. The predicted octanol–water partition coefficient (Wildman–Crippen LogP) is 2.88. The quantitative estimate of drug-likeness (QED) is 0.817. The van der Waals surface area contributed by atoms with Crippen LogP contribution in [-0.2, 0) is 11.2 Å². The SMILES string of the molecule is COc1ccccc1NC(=O)C(C)N1CCN(CCc2ccccc2)CC1. The Kier molecular flexibility index (Phi) is 6.85. The van der Waals surface area contributed by atoms with Crippen LogP contribution in [0.1, 0.15) is 12.5 Å². The summed E-state index contributed by atoms with van der Waals surface area (Å²) in [6.45, 7) is 6.87. The number of carbonyl (C=O) groups is 1. The Morgan fingerprint density at radius 1 is 1.04 bits per heavy atom. The second kappa shape index (κ2) is 9.53. The molecular formula is C22H29N3O2. The van der Waals surface area contributed by atoms with Gasteiger partial charge in [-0.15, -0.1) is 0 Å². The summed E-state index contributed by atoms with van der Waals surface area (Å²) in [5, 5.41) is 3.00. The van der Waals surface area contributed by atoms with Crippen molar-refractivity contribution < 1.29 is 9.53 Å². The van der Waals surface area contributed by atoms with Gasteiger partial charge in [-0.25, -0.2) is 0 Å². The van der Waals surface area contributed by atoms with Gasteiger partial charge < -0.3 is 15.0 Å². The maximum atomic E-state index is 12.7. The zero-order valence-corrected chi connectivity index (χ0v) is 16.2. The first-order valence-electron chi connectivity index (χ1n) is 9.61. The first kappa shape index (κ1) is 19.4. The largest absolute Gasteiger partial charge is 0.495 e. The van der Waals surface area contributed by atoms with Gasteiger partial charge in [-0.1, -0.05) is 42.5 Å². The second-order valence-corrected chi connectivity index (χ2v) is 6.98. The Hall–Kier alpha value is -2.37. The maximum absolute atomic E-state index is 12.7. The summed E-state index contributed by atoms with van der Waals surface area (Å²) in [6.07, 6.45) is 1.07. The second-order valence-electron chi connectivity index (χ2n) is 6.98. The number of hydrogen-bond acceptors (Lipinski definition) is 4. The van der Waals surface area contributed by atoms with E-state index in [1.54, 1.807) is 7.11 Å². The number of methoxy groups -OCH3 is 1. The number of piperazine rings is 1. The van der Waals surface area contributed by atoms with E-state index in [2.05, 4.69) is 45.4 Å². The molecule has 0 aliphatic carbocycles. The third-order valence-electron chi connectivity index (χ3n) is 5.26. The fourth-order valence-corrected chi connectivity index (χ4v) is 3.46. The summed E-state index contributed by atoms with van der Waals surface area (Å²) >= 11 is 0. The first-order chi connectivity index (χ1) is 13.2. The van der Waals surface area contributed by atoms with E-state index in [0.717, 1.165) is 44.8 Å². The highest BCUT2D eigenvalue weighted by Crippen LogP contribution is 2.23. The minimum Gasteiger partial charge on any atom is -0.495 e. The number of carbonyl (C=O) groups excluding carboxylic acids is 1. The van der Waals surface area contributed by atoms with Crippen LogP contribution in [0.3, 0.4) is 0 Å². The van der Waals surface area contributed by atoms with E-state index in [-0.39, 0.29) is 11.9 Å². The van der Waals surface area contributed by atoms with Gasteiger partial charge in [-0.2, -0.15) is 0 Å². The lowest BCUT2D eigenvalue weighted by Crippen LogP contribution is -2.53. The van der Waals surface area contributed by atoms with Crippen molar-refractivity contribution in [3.05, 3.63) is 60.2 Å². The van der Waals surface area contributed by atoms with E-state index < -0.39 is 0 Å². The Morgan fingerprint density at radius 2 is 1.70 bits per heavy atom. The van der Waals surface area contributed by atoms with Gasteiger partial charge in [0, 0.05) is 32.7 Å². The fourth-order valence-electron chi connectivity index (χ4n) is 3.46. The molecular weight excluding hydrogens is 338 g/mol. The summed E-state index contributed by atoms with van der Waals surface area (Å²) in [7, 11) is 1.61. The third-order valence-corrected chi connectivity index (χ3v) is 5.26. The summed E-state index contributed by atoms with van der Waals surface area (Å²) in [5.41, 5.74) is 2.10. The van der Waals surface area contributed by atoms with Gasteiger partial charge in [0.1, 0.15) is 5.75 Å². The van der Waals surface area contributed by atoms with Crippen molar-refractivity contribution >= 4 is 11.6 Å². The van der Waals surface area contributed by atoms with Crippen molar-refractivity contribution in [1.29, 1.82) is 0 Å². The topological polar surface area (TPSA) is 44.8 Å². The monoisotopic (exact) mass is 367 g/mol. The predicted molar refractivity (Wildman–Crippen MR) is 109 cm³/mol. The lowest BCUT2D eigenvalue weighted by Gasteiger charge is -2.37. The van der Waals surface area contributed by atoms with Gasteiger partial charge in [-0.3, -0.25) is 9.69 Å². The molecule has 1 heterocycles. The molecule has 2 aromatic rings. The lowest BCUT2D eigenvalue weighted by molar-refractivity contribution is -0.121. The van der Waals surface area contributed by atoms with Crippen LogP contribution < -0.4 is 10.1 Å². The number of rotatable bonds is 7. The number of anilines is 1. The molecule has 1 aliphatic rings. The Morgan fingerprint density at radius 3 is 2.41 bits per heavy atom. The van der Waals surface area contributed by atoms with Crippen LogP contribution in [0.15, 0.2) is 54.6 Å². The van der Waals surface area contributed by atoms with Crippen LogP contribution in [0.4, 0.5) is 5.69 Å². The maximum Gasteiger partial charge on any atom is 0.241 e. The molecule has 1 aliphatic heterocycles. The van der Waals surface area contributed by atoms with Crippen molar-refractivity contribution in [2.75, 3.05) is 45.2 Å². The number of para-hydroxylation sites is 2. The number of nitrogens with zero attached hydrogens (tertiary/aromatic N) is 2. The first-order valence-corrected chi connectivity index (χ1v) is 9.61. The van der Waals surface area contributed by atoms with E-state index in [1.165, 1.54) is 5.56 Å². The molecule has 144 valence electrons. The molecule has 1 fully saturated rings. The van der Waals surface area contributed by atoms with Crippen molar-refractivity contribution in [3.8, 4) is 5.75 Å². The van der Waals surface area contributed by atoms with Crippen LogP contribution >= 0.6 is 0 Å². The molecule has 3 rings (SSSR count). The molecule has 0 aromatic heterocycles. The normalized spacial score (nSPS) is 16.7. The van der Waals surface area contributed by atoms with Gasteiger partial charge in [0.25, 0.3) is 0 Å². The molecule has 1 unspecified atom stereocenters. The van der Waals surface area contributed by atoms with Gasteiger partial charge >= 0.3 is 0 Å². The Labute approximate surface area is 161 Å². The van der Waals surface area contributed by atoms with Gasteiger partial charge in [0.2, 0.25) is 5.91 Å². The van der Waals surface area contributed by atoms with Crippen molar-refractivity contribution in [3.63, 3.8) is 0 Å². The lowest BCUT2D eigenvalue weighted by atomic mass is 10.1. The minimum absolute atomic E-state index is 0.0113. The zero-order chi connectivity index (χ0) is 19.1. The third kappa shape index (κ3) is 5.31. The van der Waals surface area contributed by atoms with E-state index in [9.17, 15) is 4.79 Å². The van der Waals surface area contributed by atoms with Crippen LogP contribution in [0.25, 0.3) is 0 Å². The molecule has 5 heteroatoms. The Balaban J connectivity index is 1.46. The van der Waals surface area contributed by atoms with Gasteiger partial charge in [0.15, 0.2) is 0 Å². The van der Waals surface area contributed by atoms with E-state index in [1.807, 2.05) is 31.2 Å². The zero-order valence-electron chi connectivity index (χ0n) is 16.2. The highest BCUT2D eigenvalue weighted by atomic mass is 16.5. The molecule has 5 nitrogen and oxygen atoms in total. The van der Waals surface area contributed by atoms with E-state index in [4.69, 9.17) is 4.74 Å². The highest BCUT2D eigenvalue weighted by Gasteiger charge is 2.25. The number of benzene rings is 2. The van der Waals surface area contributed by atoms with E-state index >= 15 is 0 Å². The molecule has 0 radical (unpaired) electrons. The summed E-state index contributed by atoms with van der Waals surface area (Å²) in [4.78, 5) is 17.4. The number of amides is 1.